The van der Waals surface area contributed by atoms with Gasteiger partial charge in [0.05, 0.1) is 4.70 Å². The van der Waals surface area contributed by atoms with Crippen molar-refractivity contribution in [3.05, 3.63) is 51.7 Å². The van der Waals surface area contributed by atoms with E-state index in [0.29, 0.717) is 25.2 Å². The van der Waals surface area contributed by atoms with E-state index < -0.39 is 6.10 Å². The third-order valence-electron chi connectivity index (χ3n) is 6.36. The van der Waals surface area contributed by atoms with E-state index in [1.807, 2.05) is 6.92 Å². The van der Waals surface area contributed by atoms with Gasteiger partial charge in [-0.15, -0.1) is 0 Å². The number of aliphatic hydroxyl groups is 1. The molecule has 0 saturated carbocycles. The molecule has 0 radical (unpaired) electrons. The van der Waals surface area contributed by atoms with Gasteiger partial charge < -0.3 is 10.0 Å². The summed E-state index contributed by atoms with van der Waals surface area (Å²) < 4.78 is 7.60. The summed E-state index contributed by atoms with van der Waals surface area (Å²) in [7, 11) is 0. The van der Waals surface area contributed by atoms with E-state index in [-0.39, 0.29) is 5.56 Å². The Morgan fingerprint density at radius 3 is 2.80 bits per heavy atom. The monoisotopic (exact) mass is 425 g/mol. The SMILES string of the molecule is Cc1nc2n(c(=O)c1CCN1CCN(c3nsc4ccccc34)CC1)CCCC2O. The first-order chi connectivity index (χ1) is 14.6. The highest BCUT2D eigenvalue weighted by molar-refractivity contribution is 7.13. The largest absolute Gasteiger partial charge is 0.385 e. The standard InChI is InChI=1S/C22H27N5O2S/c1-15-16(22(29)27-9-4-6-18(28)21(27)23-15)8-10-25-11-13-26(14-12-25)20-17-5-2-3-7-19(17)30-24-20/h2-3,5,7,18,28H,4,6,8-14H2,1H3. The molecule has 4 heterocycles. The number of fused-ring (bicyclic) bond motifs is 2. The third-order valence-corrected chi connectivity index (χ3v) is 7.18. The molecule has 3 aromatic rings. The summed E-state index contributed by atoms with van der Waals surface area (Å²) in [6.45, 7) is 7.22. The zero-order valence-corrected chi connectivity index (χ0v) is 18.1. The topological polar surface area (TPSA) is 74.5 Å². The number of hydrogen-bond donors (Lipinski definition) is 1. The van der Waals surface area contributed by atoms with Crippen molar-refractivity contribution in [3.63, 3.8) is 0 Å². The molecule has 7 nitrogen and oxygen atoms in total. The van der Waals surface area contributed by atoms with E-state index in [1.54, 1.807) is 16.1 Å². The predicted molar refractivity (Wildman–Crippen MR) is 119 cm³/mol. The summed E-state index contributed by atoms with van der Waals surface area (Å²) in [5.41, 5.74) is 1.59. The number of rotatable bonds is 4. The Hall–Kier alpha value is -2.29. The van der Waals surface area contributed by atoms with E-state index in [1.165, 1.54) is 10.1 Å². The van der Waals surface area contributed by atoms with Gasteiger partial charge in [-0.05, 0) is 49.9 Å². The lowest BCUT2D eigenvalue weighted by Gasteiger charge is -2.35. The molecule has 2 aliphatic heterocycles. The Morgan fingerprint density at radius 2 is 1.97 bits per heavy atom. The molecule has 0 amide bonds. The first kappa shape index (κ1) is 19.7. The van der Waals surface area contributed by atoms with E-state index in [9.17, 15) is 9.90 Å². The fraction of sp³-hybridized carbons (Fsp3) is 0.500. The summed E-state index contributed by atoms with van der Waals surface area (Å²) in [4.78, 5) is 22.3. The minimum atomic E-state index is -0.617. The van der Waals surface area contributed by atoms with Gasteiger partial charge in [0.25, 0.3) is 5.56 Å². The van der Waals surface area contributed by atoms with E-state index in [0.717, 1.165) is 56.2 Å². The van der Waals surface area contributed by atoms with Crippen molar-refractivity contribution >= 4 is 27.4 Å². The lowest BCUT2D eigenvalue weighted by Crippen LogP contribution is -2.47. The van der Waals surface area contributed by atoms with Gasteiger partial charge in [-0.1, -0.05) is 12.1 Å². The van der Waals surface area contributed by atoms with Crippen molar-refractivity contribution in [1.82, 2.24) is 18.8 Å². The van der Waals surface area contributed by atoms with Crippen molar-refractivity contribution < 1.29 is 5.11 Å². The molecule has 1 saturated heterocycles. The van der Waals surface area contributed by atoms with Crippen molar-refractivity contribution in [2.75, 3.05) is 37.6 Å². The second-order valence-electron chi connectivity index (χ2n) is 8.23. The summed E-state index contributed by atoms with van der Waals surface area (Å²) in [5, 5.41) is 11.4. The van der Waals surface area contributed by atoms with Crippen LogP contribution in [0.15, 0.2) is 29.1 Å². The minimum absolute atomic E-state index is 0.0313. The molecule has 5 rings (SSSR count). The first-order valence-corrected chi connectivity index (χ1v) is 11.5. The molecule has 0 bridgehead atoms. The van der Waals surface area contributed by atoms with Crippen molar-refractivity contribution in [1.29, 1.82) is 0 Å². The second-order valence-corrected chi connectivity index (χ2v) is 9.03. The van der Waals surface area contributed by atoms with Crippen LogP contribution in [0.3, 0.4) is 0 Å². The van der Waals surface area contributed by atoms with Gasteiger partial charge in [-0.2, -0.15) is 4.37 Å². The Morgan fingerprint density at radius 1 is 1.17 bits per heavy atom. The summed E-state index contributed by atoms with van der Waals surface area (Å²) in [6.07, 6.45) is 1.59. The Labute approximate surface area is 179 Å². The zero-order chi connectivity index (χ0) is 20.7. The predicted octanol–water partition coefficient (Wildman–Crippen LogP) is 2.35. The highest BCUT2D eigenvalue weighted by Gasteiger charge is 2.24. The maximum Gasteiger partial charge on any atom is 0.257 e. The number of piperazine rings is 1. The molecular weight excluding hydrogens is 398 g/mol. The van der Waals surface area contributed by atoms with Gasteiger partial charge in [0.2, 0.25) is 0 Å². The fourth-order valence-corrected chi connectivity index (χ4v) is 5.40. The van der Waals surface area contributed by atoms with Crippen LogP contribution >= 0.6 is 11.5 Å². The van der Waals surface area contributed by atoms with Gasteiger partial charge in [0.15, 0.2) is 0 Å². The molecular formula is C22H27N5O2S. The van der Waals surface area contributed by atoms with Crippen LogP contribution in [0.1, 0.15) is 36.0 Å². The van der Waals surface area contributed by atoms with Crippen LogP contribution < -0.4 is 10.5 Å². The Bertz CT molecular complexity index is 1120. The maximum atomic E-state index is 13.0. The van der Waals surface area contributed by atoms with Crippen LogP contribution in [-0.4, -0.2) is 56.7 Å². The summed E-state index contributed by atoms with van der Waals surface area (Å²) in [5.74, 6) is 1.64. The molecule has 30 heavy (non-hydrogen) atoms. The molecule has 1 aromatic carbocycles. The Kier molecular flexibility index (Phi) is 5.30. The number of benzene rings is 1. The number of nitrogens with zero attached hydrogens (tertiary/aromatic N) is 5. The lowest BCUT2D eigenvalue weighted by atomic mass is 10.1. The van der Waals surface area contributed by atoms with Gasteiger partial charge >= 0.3 is 0 Å². The van der Waals surface area contributed by atoms with Crippen LogP contribution in [0.5, 0.6) is 0 Å². The van der Waals surface area contributed by atoms with Gasteiger partial charge in [0.1, 0.15) is 17.7 Å². The average Bonchev–Trinajstić information content (AvgIpc) is 3.19. The van der Waals surface area contributed by atoms with Crippen LogP contribution in [0.25, 0.3) is 10.1 Å². The van der Waals surface area contributed by atoms with Crippen LogP contribution in [0, 0.1) is 6.92 Å². The normalized spacial score (nSPS) is 19.9. The van der Waals surface area contributed by atoms with E-state index in [2.05, 4.69) is 43.4 Å². The quantitative estimate of drug-likeness (QED) is 0.692. The lowest BCUT2D eigenvalue weighted by molar-refractivity contribution is 0.129. The first-order valence-electron chi connectivity index (χ1n) is 10.7. The molecule has 1 atom stereocenters. The number of hydrogen-bond acceptors (Lipinski definition) is 7. The molecule has 158 valence electrons. The maximum absolute atomic E-state index is 13.0. The van der Waals surface area contributed by atoms with Gasteiger partial charge in [-0.25, -0.2) is 4.98 Å². The molecule has 0 aliphatic carbocycles. The van der Waals surface area contributed by atoms with Crippen LogP contribution in [0.2, 0.25) is 0 Å². The van der Waals surface area contributed by atoms with Crippen molar-refractivity contribution in [3.8, 4) is 0 Å². The van der Waals surface area contributed by atoms with Crippen LogP contribution in [0.4, 0.5) is 5.82 Å². The second kappa shape index (κ2) is 8.09. The van der Waals surface area contributed by atoms with Crippen molar-refractivity contribution in [2.24, 2.45) is 0 Å². The zero-order valence-electron chi connectivity index (χ0n) is 17.3. The Balaban J connectivity index is 1.24. The van der Waals surface area contributed by atoms with Crippen LogP contribution in [-0.2, 0) is 13.0 Å². The average molecular weight is 426 g/mol. The van der Waals surface area contributed by atoms with E-state index in [4.69, 9.17) is 0 Å². The minimum Gasteiger partial charge on any atom is -0.385 e. The van der Waals surface area contributed by atoms with Gasteiger partial charge in [-0.3, -0.25) is 14.3 Å². The number of anilines is 1. The van der Waals surface area contributed by atoms with Crippen molar-refractivity contribution in [2.45, 2.75) is 38.8 Å². The molecule has 2 aromatic heterocycles. The van der Waals surface area contributed by atoms with E-state index >= 15 is 0 Å². The molecule has 2 aliphatic rings. The molecule has 0 spiro atoms. The fourth-order valence-electron chi connectivity index (χ4n) is 4.61. The number of aryl methyl sites for hydroxylation is 1. The smallest absolute Gasteiger partial charge is 0.257 e. The highest BCUT2D eigenvalue weighted by atomic mass is 32.1. The summed E-state index contributed by atoms with van der Waals surface area (Å²) in [6, 6.07) is 8.40. The molecule has 1 N–H and O–H groups in total. The van der Waals surface area contributed by atoms with Gasteiger partial charge in [0, 0.05) is 55.9 Å². The molecule has 1 fully saturated rings. The highest BCUT2D eigenvalue weighted by Crippen LogP contribution is 2.30. The number of aromatic nitrogens is 3. The summed E-state index contributed by atoms with van der Waals surface area (Å²) >= 11 is 1.56. The molecule has 8 heteroatoms. The molecule has 1 unspecified atom stereocenters. The number of aliphatic hydroxyl groups excluding tert-OH is 1. The third kappa shape index (κ3) is 3.53.